The van der Waals surface area contributed by atoms with Crippen molar-refractivity contribution in [1.82, 2.24) is 9.97 Å². The first kappa shape index (κ1) is 14.6. The number of hydrogen-bond acceptors (Lipinski definition) is 5. The smallest absolute Gasteiger partial charge is 0.263 e. The van der Waals surface area contributed by atoms with Crippen molar-refractivity contribution in [3.05, 3.63) is 54.7 Å². The number of aromatic nitrogens is 2. The maximum atomic E-state index is 12.3. The van der Waals surface area contributed by atoms with Gasteiger partial charge in [-0.05, 0) is 36.4 Å². The average molecular weight is 335 g/mol. The Labute approximate surface area is 132 Å². The molecule has 22 heavy (non-hydrogen) atoms. The summed E-state index contributed by atoms with van der Waals surface area (Å²) >= 11 is 5.45. The van der Waals surface area contributed by atoms with Crippen molar-refractivity contribution in [3.8, 4) is 0 Å². The molecule has 3 rings (SSSR count). The molecule has 0 radical (unpaired) electrons. The molecule has 0 fully saturated rings. The van der Waals surface area contributed by atoms with Crippen LogP contribution >= 0.6 is 11.8 Å². The van der Waals surface area contributed by atoms with Gasteiger partial charge in [0.15, 0.2) is 5.82 Å². The molecule has 1 aromatic heterocycles. The summed E-state index contributed by atoms with van der Waals surface area (Å²) in [5, 5.41) is 0. The van der Waals surface area contributed by atoms with Gasteiger partial charge in [0.2, 0.25) is 0 Å². The number of hydrogen-bond donors (Lipinski definition) is 2. The van der Waals surface area contributed by atoms with Crippen LogP contribution in [-0.2, 0) is 10.0 Å². The van der Waals surface area contributed by atoms with Gasteiger partial charge in [0.25, 0.3) is 10.0 Å². The standard InChI is InChI=1S/C14H11ClN4O2S/c15-18-10-5-7-11(8-6-10)22(20,21)19-14-9-16-12-3-1-2-4-13(12)17-14/h1-9,18H,(H,17,19). The minimum atomic E-state index is -3.73. The second-order valence-electron chi connectivity index (χ2n) is 4.47. The third kappa shape index (κ3) is 2.95. The first-order valence-electron chi connectivity index (χ1n) is 6.30. The minimum absolute atomic E-state index is 0.109. The molecule has 0 amide bonds. The molecule has 1 heterocycles. The molecule has 0 bridgehead atoms. The molecule has 112 valence electrons. The lowest BCUT2D eigenvalue weighted by Gasteiger charge is -2.08. The SMILES string of the molecule is O=S(=O)(Nc1cnc2ccccc2n1)c1ccc(NCl)cc1. The highest BCUT2D eigenvalue weighted by atomic mass is 35.5. The van der Waals surface area contributed by atoms with Crippen LogP contribution in [0.5, 0.6) is 0 Å². The Balaban J connectivity index is 1.91. The van der Waals surface area contributed by atoms with E-state index < -0.39 is 10.0 Å². The van der Waals surface area contributed by atoms with Gasteiger partial charge in [0, 0.05) is 17.5 Å². The monoisotopic (exact) mass is 334 g/mol. The molecule has 6 nitrogen and oxygen atoms in total. The van der Waals surface area contributed by atoms with E-state index in [9.17, 15) is 8.42 Å². The zero-order valence-electron chi connectivity index (χ0n) is 11.2. The lowest BCUT2D eigenvalue weighted by Crippen LogP contribution is -2.14. The van der Waals surface area contributed by atoms with Crippen LogP contribution in [-0.4, -0.2) is 18.4 Å². The van der Waals surface area contributed by atoms with Gasteiger partial charge < -0.3 is 0 Å². The van der Waals surface area contributed by atoms with Crippen LogP contribution in [0.25, 0.3) is 11.0 Å². The van der Waals surface area contributed by atoms with Gasteiger partial charge >= 0.3 is 0 Å². The number of nitrogens with one attached hydrogen (secondary N) is 2. The van der Waals surface area contributed by atoms with Crippen LogP contribution in [0.1, 0.15) is 0 Å². The molecular weight excluding hydrogens is 324 g/mol. The van der Waals surface area contributed by atoms with Crippen LogP contribution < -0.4 is 9.56 Å². The minimum Gasteiger partial charge on any atom is -0.299 e. The van der Waals surface area contributed by atoms with E-state index in [1.54, 1.807) is 24.3 Å². The molecule has 0 unspecified atom stereocenters. The van der Waals surface area contributed by atoms with Crippen LogP contribution in [0.15, 0.2) is 59.6 Å². The second-order valence-corrected chi connectivity index (χ2v) is 6.34. The summed E-state index contributed by atoms with van der Waals surface area (Å²) in [6, 6.07) is 13.2. The molecule has 0 aliphatic heterocycles. The van der Waals surface area contributed by atoms with Crippen LogP contribution in [0.3, 0.4) is 0 Å². The highest BCUT2D eigenvalue weighted by Crippen LogP contribution is 2.18. The summed E-state index contributed by atoms with van der Waals surface area (Å²) in [4.78, 5) is 10.9. The predicted octanol–water partition coefficient (Wildman–Crippen LogP) is 3.00. The summed E-state index contributed by atoms with van der Waals surface area (Å²) in [5.41, 5.74) is 1.92. The van der Waals surface area contributed by atoms with Crippen molar-refractivity contribution in [2.45, 2.75) is 4.90 Å². The molecule has 0 aliphatic rings. The lowest BCUT2D eigenvalue weighted by molar-refractivity contribution is 0.601. The molecule has 0 atom stereocenters. The van der Waals surface area contributed by atoms with E-state index in [0.717, 1.165) is 0 Å². The molecule has 0 saturated heterocycles. The number of sulfonamides is 1. The van der Waals surface area contributed by atoms with E-state index in [0.29, 0.717) is 16.7 Å². The van der Waals surface area contributed by atoms with Gasteiger partial charge in [-0.15, -0.1) is 0 Å². The Kier molecular flexibility index (Phi) is 3.82. The molecular formula is C14H11ClN4O2S. The number of para-hydroxylation sites is 2. The first-order valence-corrected chi connectivity index (χ1v) is 8.16. The number of halogens is 1. The maximum absolute atomic E-state index is 12.3. The van der Waals surface area contributed by atoms with E-state index in [-0.39, 0.29) is 10.7 Å². The average Bonchev–Trinajstić information content (AvgIpc) is 2.54. The predicted molar refractivity (Wildman–Crippen MR) is 86.3 cm³/mol. The van der Waals surface area contributed by atoms with Gasteiger partial charge in [-0.2, -0.15) is 0 Å². The molecule has 0 spiro atoms. The van der Waals surface area contributed by atoms with Crippen LogP contribution in [0.4, 0.5) is 11.5 Å². The van der Waals surface area contributed by atoms with Crippen LogP contribution in [0, 0.1) is 0 Å². The molecule has 2 aromatic carbocycles. The van der Waals surface area contributed by atoms with Gasteiger partial charge in [-0.3, -0.25) is 14.5 Å². The summed E-state index contributed by atoms with van der Waals surface area (Å²) in [7, 11) is -3.73. The summed E-state index contributed by atoms with van der Waals surface area (Å²) in [5.74, 6) is 0.165. The van der Waals surface area contributed by atoms with E-state index in [4.69, 9.17) is 11.8 Å². The topological polar surface area (TPSA) is 84.0 Å². The summed E-state index contributed by atoms with van der Waals surface area (Å²) in [6.07, 6.45) is 1.38. The molecule has 0 saturated carbocycles. The Morgan fingerprint density at radius 1 is 0.955 bits per heavy atom. The van der Waals surface area contributed by atoms with Crippen LogP contribution in [0.2, 0.25) is 0 Å². The number of nitrogens with zero attached hydrogens (tertiary/aromatic N) is 2. The van der Waals surface area contributed by atoms with Crippen molar-refractivity contribution >= 4 is 44.3 Å². The summed E-state index contributed by atoms with van der Waals surface area (Å²) < 4.78 is 27.0. The summed E-state index contributed by atoms with van der Waals surface area (Å²) in [6.45, 7) is 0. The molecule has 2 N–H and O–H groups in total. The van der Waals surface area contributed by atoms with E-state index in [1.807, 2.05) is 12.1 Å². The van der Waals surface area contributed by atoms with Gasteiger partial charge in [0.05, 0.1) is 22.1 Å². The Hall–Kier alpha value is -2.38. The fourth-order valence-electron chi connectivity index (χ4n) is 1.90. The molecule has 0 aliphatic carbocycles. The fraction of sp³-hybridized carbons (Fsp3) is 0. The maximum Gasteiger partial charge on any atom is 0.263 e. The lowest BCUT2D eigenvalue weighted by atomic mass is 10.3. The van der Waals surface area contributed by atoms with Gasteiger partial charge in [-0.1, -0.05) is 12.1 Å². The van der Waals surface area contributed by atoms with Crippen molar-refractivity contribution in [2.24, 2.45) is 0 Å². The second kappa shape index (κ2) is 5.78. The van der Waals surface area contributed by atoms with E-state index >= 15 is 0 Å². The number of anilines is 2. The van der Waals surface area contributed by atoms with Crippen molar-refractivity contribution in [1.29, 1.82) is 0 Å². The normalized spacial score (nSPS) is 11.3. The fourth-order valence-corrected chi connectivity index (χ4v) is 3.01. The Morgan fingerprint density at radius 2 is 1.64 bits per heavy atom. The largest absolute Gasteiger partial charge is 0.299 e. The van der Waals surface area contributed by atoms with Crippen molar-refractivity contribution in [3.63, 3.8) is 0 Å². The zero-order chi connectivity index (χ0) is 15.6. The van der Waals surface area contributed by atoms with Gasteiger partial charge in [-0.25, -0.2) is 13.4 Å². The molecule has 8 heteroatoms. The third-order valence-corrected chi connectivity index (χ3v) is 4.55. The Morgan fingerprint density at radius 3 is 2.32 bits per heavy atom. The van der Waals surface area contributed by atoms with E-state index in [2.05, 4.69) is 19.5 Å². The quantitative estimate of drug-likeness (QED) is 0.716. The third-order valence-electron chi connectivity index (χ3n) is 2.96. The molecule has 3 aromatic rings. The van der Waals surface area contributed by atoms with E-state index in [1.165, 1.54) is 18.3 Å². The zero-order valence-corrected chi connectivity index (χ0v) is 12.8. The highest BCUT2D eigenvalue weighted by Gasteiger charge is 2.15. The number of rotatable bonds is 4. The first-order chi connectivity index (χ1) is 10.6. The van der Waals surface area contributed by atoms with Crippen molar-refractivity contribution < 1.29 is 8.42 Å². The number of benzene rings is 2. The highest BCUT2D eigenvalue weighted by molar-refractivity contribution is 7.92. The van der Waals surface area contributed by atoms with Gasteiger partial charge in [0.1, 0.15) is 0 Å². The number of fused-ring (bicyclic) bond motifs is 1. The van der Waals surface area contributed by atoms with Crippen molar-refractivity contribution in [2.75, 3.05) is 9.56 Å². The Bertz CT molecular complexity index is 914.